The van der Waals surface area contributed by atoms with E-state index in [0.717, 1.165) is 24.9 Å². The fraction of sp³-hybridized carbons (Fsp3) is 1.00. The molecular formula is C33H74O6Si2. The Balaban J connectivity index is 0. The maximum Gasteiger partial charge on any atom is 0.502 e. The fourth-order valence-corrected chi connectivity index (χ4v) is 11.8. The summed E-state index contributed by atoms with van der Waals surface area (Å²) in [5.41, 5.74) is -0.811. The summed E-state index contributed by atoms with van der Waals surface area (Å²) in [7, 11) is -5.29. The molecule has 0 bridgehead atoms. The Morgan fingerprint density at radius 1 is 0.415 bits per heavy atom. The summed E-state index contributed by atoms with van der Waals surface area (Å²) in [6, 6.07) is 1.82. The van der Waals surface area contributed by atoms with Crippen LogP contribution in [0.3, 0.4) is 0 Å². The van der Waals surface area contributed by atoms with E-state index in [-0.39, 0.29) is 35.1 Å². The van der Waals surface area contributed by atoms with E-state index in [1.54, 1.807) is 0 Å². The lowest BCUT2D eigenvalue weighted by Crippen LogP contribution is -2.57. The van der Waals surface area contributed by atoms with Crippen LogP contribution in [0.1, 0.15) is 169 Å². The predicted octanol–water partition coefficient (Wildman–Crippen LogP) is 10.7. The molecular weight excluding hydrogens is 549 g/mol. The second-order valence-electron chi connectivity index (χ2n) is 15.1. The van der Waals surface area contributed by atoms with E-state index in [2.05, 4.69) is 118 Å². The molecule has 0 fully saturated rings. The van der Waals surface area contributed by atoms with Crippen LogP contribution in [0.4, 0.5) is 0 Å². The molecule has 0 saturated heterocycles. The summed E-state index contributed by atoms with van der Waals surface area (Å²) < 4.78 is 37.8. The van der Waals surface area contributed by atoms with Gasteiger partial charge in [0.2, 0.25) is 0 Å². The summed E-state index contributed by atoms with van der Waals surface area (Å²) in [6.07, 6.45) is 10.1. The third kappa shape index (κ3) is 26.3. The Morgan fingerprint density at radius 3 is 0.902 bits per heavy atom. The zero-order valence-corrected chi connectivity index (χ0v) is 32.8. The van der Waals surface area contributed by atoms with Crippen LogP contribution in [0.5, 0.6) is 0 Å². The van der Waals surface area contributed by atoms with Gasteiger partial charge in [-0.3, -0.25) is 0 Å². The monoisotopic (exact) mass is 623 g/mol. The van der Waals surface area contributed by atoms with Crippen LogP contribution in [-0.4, -0.2) is 52.7 Å². The summed E-state index contributed by atoms with van der Waals surface area (Å²) in [5.74, 6) is 0. The zero-order valence-electron chi connectivity index (χ0n) is 30.8. The topological polar surface area (TPSA) is 55.4 Å². The molecule has 0 saturated carbocycles. The molecule has 0 aromatic rings. The highest BCUT2D eigenvalue weighted by Crippen LogP contribution is 2.33. The zero-order chi connectivity index (χ0) is 32.5. The minimum absolute atomic E-state index is 0.148. The molecule has 250 valence electrons. The summed E-state index contributed by atoms with van der Waals surface area (Å²) in [4.78, 5) is 0. The minimum atomic E-state index is -2.75. The maximum absolute atomic E-state index is 6.45. The van der Waals surface area contributed by atoms with Gasteiger partial charge in [0.15, 0.2) is 0 Å². The first-order chi connectivity index (χ1) is 18.5. The third-order valence-electron chi connectivity index (χ3n) is 5.30. The molecule has 0 spiro atoms. The molecule has 0 N–H and O–H groups in total. The Morgan fingerprint density at radius 2 is 0.683 bits per heavy atom. The van der Waals surface area contributed by atoms with Gasteiger partial charge in [-0.15, -0.1) is 0 Å². The molecule has 0 aliphatic rings. The summed E-state index contributed by atoms with van der Waals surface area (Å²) >= 11 is 0. The standard InChI is InChI=1S/C18H40O3Si.C15H34O3Si/c1-11-12-13-14-15-22(19-16(2,3)4,20-17(5,6)7)21-18(8,9)10;1-8-9-10-11-12-19(16-13(2)3,17-14(4)5)18-15(6)7/h11-15H2,1-10H3;13-15H,8-12H2,1-7H3. The van der Waals surface area contributed by atoms with Crippen molar-refractivity contribution in [1.29, 1.82) is 0 Å². The number of hydrogen-bond donors (Lipinski definition) is 0. The van der Waals surface area contributed by atoms with Crippen LogP contribution in [0.2, 0.25) is 12.1 Å². The Labute approximate surface area is 260 Å². The molecule has 0 aliphatic carbocycles. The van der Waals surface area contributed by atoms with Crippen LogP contribution in [-0.2, 0) is 26.6 Å². The van der Waals surface area contributed by atoms with Gasteiger partial charge in [0.25, 0.3) is 0 Å². The fourth-order valence-electron chi connectivity index (χ4n) is 4.49. The molecule has 0 heterocycles. The molecule has 0 radical (unpaired) electrons. The molecule has 0 unspecified atom stereocenters. The summed E-state index contributed by atoms with van der Waals surface area (Å²) in [5, 5.41) is 0. The average Bonchev–Trinajstić information content (AvgIpc) is 2.69. The van der Waals surface area contributed by atoms with E-state index >= 15 is 0 Å². The molecule has 6 nitrogen and oxygen atoms in total. The lowest BCUT2D eigenvalue weighted by atomic mass is 10.2. The highest BCUT2D eigenvalue weighted by Gasteiger charge is 2.49. The van der Waals surface area contributed by atoms with Crippen LogP contribution in [0, 0.1) is 0 Å². The van der Waals surface area contributed by atoms with Crippen molar-refractivity contribution in [2.75, 3.05) is 0 Å². The summed E-state index contributed by atoms with van der Waals surface area (Å²) in [6.45, 7) is 35.5. The predicted molar refractivity (Wildman–Crippen MR) is 181 cm³/mol. The highest BCUT2D eigenvalue weighted by molar-refractivity contribution is 6.61. The molecule has 0 amide bonds. The van der Waals surface area contributed by atoms with Crippen LogP contribution in [0.25, 0.3) is 0 Å². The van der Waals surface area contributed by atoms with Crippen molar-refractivity contribution in [3.05, 3.63) is 0 Å². The van der Waals surface area contributed by atoms with Crippen molar-refractivity contribution in [2.24, 2.45) is 0 Å². The van der Waals surface area contributed by atoms with Gasteiger partial charge in [-0.2, -0.15) is 0 Å². The maximum atomic E-state index is 6.45. The minimum Gasteiger partial charge on any atom is -0.371 e. The van der Waals surface area contributed by atoms with Crippen LogP contribution in [0.15, 0.2) is 0 Å². The van der Waals surface area contributed by atoms with E-state index in [4.69, 9.17) is 26.6 Å². The molecule has 0 atom stereocenters. The molecule has 41 heavy (non-hydrogen) atoms. The van der Waals surface area contributed by atoms with Crippen molar-refractivity contribution in [1.82, 2.24) is 0 Å². The van der Waals surface area contributed by atoms with E-state index in [9.17, 15) is 0 Å². The smallest absolute Gasteiger partial charge is 0.371 e. The molecule has 0 aliphatic heterocycles. The number of unbranched alkanes of at least 4 members (excludes halogenated alkanes) is 6. The first kappa shape index (κ1) is 43.3. The largest absolute Gasteiger partial charge is 0.502 e. The van der Waals surface area contributed by atoms with Crippen LogP contribution < -0.4 is 0 Å². The van der Waals surface area contributed by atoms with Crippen LogP contribution >= 0.6 is 0 Å². The number of rotatable bonds is 19. The lowest BCUT2D eigenvalue weighted by Gasteiger charge is -2.43. The van der Waals surface area contributed by atoms with E-state index in [1.807, 2.05) is 0 Å². The normalized spacial score (nSPS) is 13.8. The van der Waals surface area contributed by atoms with Crippen molar-refractivity contribution < 1.29 is 26.6 Å². The Kier molecular flexibility index (Phi) is 21.4. The van der Waals surface area contributed by atoms with Gasteiger partial charge >= 0.3 is 17.6 Å². The van der Waals surface area contributed by atoms with Crippen molar-refractivity contribution in [3.8, 4) is 0 Å². The van der Waals surface area contributed by atoms with E-state index in [1.165, 1.54) is 38.5 Å². The second kappa shape index (κ2) is 20.3. The third-order valence-corrected chi connectivity index (χ3v) is 12.5. The molecule has 8 heteroatoms. The van der Waals surface area contributed by atoms with Gasteiger partial charge in [0, 0.05) is 30.4 Å². The SMILES string of the molecule is CCCCCC[Si](OC(C)(C)C)(OC(C)(C)C)OC(C)(C)C.CCCCCC[Si](OC(C)C)(OC(C)C)OC(C)C. The highest BCUT2D eigenvalue weighted by atomic mass is 28.4. The van der Waals surface area contributed by atoms with E-state index in [0.29, 0.717) is 0 Å². The van der Waals surface area contributed by atoms with Crippen molar-refractivity contribution in [2.45, 2.75) is 216 Å². The van der Waals surface area contributed by atoms with E-state index < -0.39 is 17.6 Å². The van der Waals surface area contributed by atoms with Gasteiger partial charge in [-0.05, 0) is 117 Å². The van der Waals surface area contributed by atoms with Crippen molar-refractivity contribution in [3.63, 3.8) is 0 Å². The quantitative estimate of drug-likeness (QED) is 0.105. The molecule has 0 rings (SSSR count). The second-order valence-corrected chi connectivity index (χ2v) is 20.2. The molecule has 0 aromatic heterocycles. The average molecular weight is 623 g/mol. The van der Waals surface area contributed by atoms with Gasteiger partial charge in [0.05, 0.1) is 16.8 Å². The Bertz CT molecular complexity index is 566. The van der Waals surface area contributed by atoms with Gasteiger partial charge in [-0.25, -0.2) is 0 Å². The van der Waals surface area contributed by atoms with Crippen molar-refractivity contribution >= 4 is 17.6 Å². The first-order valence-electron chi connectivity index (χ1n) is 16.6. The molecule has 0 aromatic carbocycles. The van der Waals surface area contributed by atoms with Gasteiger partial charge in [0.1, 0.15) is 0 Å². The van der Waals surface area contributed by atoms with Gasteiger partial charge < -0.3 is 26.6 Å². The Hall–Kier alpha value is 0.194. The van der Waals surface area contributed by atoms with Gasteiger partial charge in [-0.1, -0.05) is 52.4 Å². The lowest BCUT2D eigenvalue weighted by molar-refractivity contribution is -0.0755. The number of hydrogen-bond acceptors (Lipinski definition) is 6. The first-order valence-corrected chi connectivity index (χ1v) is 20.5.